The van der Waals surface area contributed by atoms with Crippen molar-refractivity contribution in [2.24, 2.45) is 0 Å². The number of amides is 2. The first kappa shape index (κ1) is 17.3. The Kier molecular flexibility index (Phi) is 5.49. The molecule has 0 aromatic heterocycles. The lowest BCUT2D eigenvalue weighted by Gasteiger charge is -2.30. The van der Waals surface area contributed by atoms with Crippen LogP contribution in [0.15, 0.2) is 23.1 Å². The van der Waals surface area contributed by atoms with Gasteiger partial charge < -0.3 is 10.2 Å². The second-order valence-corrected chi connectivity index (χ2v) is 8.35. The minimum Gasteiger partial charge on any atom is -0.347 e. The molecule has 1 aromatic carbocycles. The van der Waals surface area contributed by atoms with E-state index in [9.17, 15) is 9.59 Å². The second-order valence-electron chi connectivity index (χ2n) is 7.01. The fourth-order valence-corrected chi connectivity index (χ4v) is 4.86. The largest absolute Gasteiger partial charge is 0.347 e. The fourth-order valence-electron chi connectivity index (χ4n) is 3.50. The molecule has 1 heterocycles. The molecule has 24 heavy (non-hydrogen) atoms. The van der Waals surface area contributed by atoms with Gasteiger partial charge in [0.1, 0.15) is 0 Å². The van der Waals surface area contributed by atoms with Crippen molar-refractivity contribution in [3.8, 4) is 0 Å². The van der Waals surface area contributed by atoms with Gasteiger partial charge in [-0.15, -0.1) is 11.8 Å². The van der Waals surface area contributed by atoms with Crippen LogP contribution < -0.4 is 5.32 Å². The van der Waals surface area contributed by atoms with Crippen molar-refractivity contribution < 1.29 is 9.59 Å². The molecule has 1 saturated carbocycles. The van der Waals surface area contributed by atoms with Gasteiger partial charge in [0.2, 0.25) is 5.91 Å². The van der Waals surface area contributed by atoms with Gasteiger partial charge in [0, 0.05) is 36.2 Å². The minimum absolute atomic E-state index is 0.00746. The van der Waals surface area contributed by atoms with E-state index >= 15 is 0 Å². The lowest BCUT2D eigenvalue weighted by Crippen LogP contribution is -2.48. The summed E-state index contributed by atoms with van der Waals surface area (Å²) in [7, 11) is 1.80. The van der Waals surface area contributed by atoms with E-state index in [-0.39, 0.29) is 17.9 Å². The molecule has 3 rings (SSSR count). The normalized spacial score (nSPS) is 22.0. The van der Waals surface area contributed by atoms with Gasteiger partial charge >= 0.3 is 0 Å². The Morgan fingerprint density at radius 2 is 2.00 bits per heavy atom. The average molecular weight is 346 g/mol. The fraction of sp³-hybridized carbons (Fsp3) is 0.579. The molecule has 1 atom stereocenters. The molecule has 1 aromatic rings. The van der Waals surface area contributed by atoms with Crippen molar-refractivity contribution in [3.05, 3.63) is 29.3 Å². The Hall–Kier alpha value is -1.49. The molecular formula is C19H26N2O2S. The molecule has 2 fully saturated rings. The number of likely N-dealkylation sites (N-methyl/N-ethyl adjacent to an activating group) is 1. The summed E-state index contributed by atoms with van der Waals surface area (Å²) in [6, 6.07) is 6.21. The van der Waals surface area contributed by atoms with Crippen molar-refractivity contribution in [1.82, 2.24) is 10.2 Å². The summed E-state index contributed by atoms with van der Waals surface area (Å²) in [5.74, 6) is 0.153. The zero-order valence-corrected chi connectivity index (χ0v) is 15.3. The quantitative estimate of drug-likeness (QED) is 0.909. The Bertz CT molecular complexity index is 626. The molecule has 2 amide bonds. The first-order chi connectivity index (χ1) is 11.5. The van der Waals surface area contributed by atoms with Crippen LogP contribution in [0.1, 0.15) is 54.4 Å². The maximum absolute atomic E-state index is 12.8. The van der Waals surface area contributed by atoms with Gasteiger partial charge in [-0.3, -0.25) is 9.59 Å². The molecule has 2 aliphatic rings. The molecule has 1 aliphatic heterocycles. The van der Waals surface area contributed by atoms with Crippen LogP contribution in [0.25, 0.3) is 0 Å². The van der Waals surface area contributed by atoms with Crippen molar-refractivity contribution in [1.29, 1.82) is 0 Å². The molecule has 0 unspecified atom stereocenters. The van der Waals surface area contributed by atoms with Crippen LogP contribution in [0.4, 0.5) is 0 Å². The van der Waals surface area contributed by atoms with Crippen LogP contribution in [0.5, 0.6) is 0 Å². The number of benzene rings is 1. The number of hydrogen-bond acceptors (Lipinski definition) is 3. The third-order valence-corrected chi connectivity index (χ3v) is 6.35. The van der Waals surface area contributed by atoms with Gasteiger partial charge in [-0.25, -0.2) is 0 Å². The summed E-state index contributed by atoms with van der Waals surface area (Å²) < 4.78 is 0. The zero-order chi connectivity index (χ0) is 17.1. The first-order valence-electron chi connectivity index (χ1n) is 8.85. The molecule has 1 saturated heterocycles. The molecule has 0 spiro atoms. The van der Waals surface area contributed by atoms with E-state index in [4.69, 9.17) is 0 Å². The van der Waals surface area contributed by atoms with Gasteiger partial charge in [-0.1, -0.05) is 24.5 Å². The number of nitrogens with zero attached hydrogens (tertiary/aromatic N) is 1. The van der Waals surface area contributed by atoms with E-state index in [1.807, 2.05) is 24.8 Å². The van der Waals surface area contributed by atoms with Gasteiger partial charge in [-0.2, -0.15) is 0 Å². The zero-order valence-electron chi connectivity index (χ0n) is 14.5. The Morgan fingerprint density at radius 3 is 2.71 bits per heavy atom. The van der Waals surface area contributed by atoms with E-state index in [1.54, 1.807) is 11.9 Å². The predicted molar refractivity (Wildman–Crippen MR) is 97.4 cm³/mol. The number of aryl methyl sites for hydroxylation is 1. The molecule has 4 nitrogen and oxygen atoms in total. The maximum atomic E-state index is 12.8. The van der Waals surface area contributed by atoms with Crippen LogP contribution >= 0.6 is 11.8 Å². The lowest BCUT2D eigenvalue weighted by molar-refractivity contribution is -0.132. The summed E-state index contributed by atoms with van der Waals surface area (Å²) in [6.07, 6.45) is 6.33. The number of carbonyl (C=O) groups excluding carboxylic acids is 2. The van der Waals surface area contributed by atoms with Gasteiger partial charge in [0.05, 0.1) is 5.56 Å². The van der Waals surface area contributed by atoms with E-state index in [2.05, 4.69) is 17.4 Å². The number of piperidine rings is 1. The predicted octanol–water partition coefficient (Wildman–Crippen LogP) is 3.38. The monoisotopic (exact) mass is 346 g/mol. The highest BCUT2D eigenvalue weighted by molar-refractivity contribution is 8.00. The number of rotatable bonds is 4. The number of carbonyl (C=O) groups is 2. The molecule has 0 radical (unpaired) electrons. The number of thioether (sulfide) groups is 1. The van der Waals surface area contributed by atoms with Crippen molar-refractivity contribution >= 4 is 23.6 Å². The highest BCUT2D eigenvalue weighted by Crippen LogP contribution is 2.36. The Balaban J connectivity index is 1.71. The number of likely N-dealkylation sites (tertiary alicyclic amines) is 1. The maximum Gasteiger partial charge on any atom is 0.252 e. The molecule has 1 aliphatic carbocycles. The number of nitrogens with one attached hydrogen (secondary N) is 1. The van der Waals surface area contributed by atoms with Crippen LogP contribution in [-0.2, 0) is 4.79 Å². The summed E-state index contributed by atoms with van der Waals surface area (Å²) >= 11 is 1.85. The van der Waals surface area contributed by atoms with Crippen molar-refractivity contribution in [2.45, 2.75) is 61.6 Å². The highest BCUT2D eigenvalue weighted by atomic mass is 32.2. The second kappa shape index (κ2) is 7.60. The third kappa shape index (κ3) is 4.12. The van der Waals surface area contributed by atoms with Gasteiger partial charge in [0.15, 0.2) is 0 Å². The Morgan fingerprint density at radius 1 is 1.25 bits per heavy atom. The minimum atomic E-state index is -0.00746. The van der Waals surface area contributed by atoms with E-state index in [0.29, 0.717) is 18.2 Å². The molecule has 0 bridgehead atoms. The summed E-state index contributed by atoms with van der Waals surface area (Å²) in [6.45, 7) is 2.62. The van der Waals surface area contributed by atoms with Gasteiger partial charge in [0.25, 0.3) is 5.91 Å². The Labute approximate surface area is 148 Å². The van der Waals surface area contributed by atoms with Crippen LogP contribution in [-0.4, -0.2) is 41.6 Å². The molecule has 1 N–H and O–H groups in total. The van der Waals surface area contributed by atoms with E-state index in [1.165, 1.54) is 25.7 Å². The third-order valence-electron chi connectivity index (χ3n) is 4.94. The SMILES string of the molecule is Cc1ccc(SC2CCCC2)c(C(=O)N[C@@H]2CCC(=O)N(C)C2)c1. The topological polar surface area (TPSA) is 49.4 Å². The van der Waals surface area contributed by atoms with E-state index in [0.717, 1.165) is 22.4 Å². The number of hydrogen-bond donors (Lipinski definition) is 1. The smallest absolute Gasteiger partial charge is 0.252 e. The van der Waals surface area contributed by atoms with Crippen LogP contribution in [0.2, 0.25) is 0 Å². The standard InChI is InChI=1S/C19H26N2O2S/c1-13-7-9-17(24-15-5-3-4-6-15)16(11-13)19(23)20-14-8-10-18(22)21(2)12-14/h7,9,11,14-15H,3-6,8,10,12H2,1-2H3,(H,20,23)/t14-/m1/s1. The van der Waals surface area contributed by atoms with Gasteiger partial charge in [-0.05, 0) is 38.3 Å². The summed E-state index contributed by atoms with van der Waals surface area (Å²) in [5.41, 5.74) is 1.89. The lowest BCUT2D eigenvalue weighted by atomic mass is 10.0. The summed E-state index contributed by atoms with van der Waals surface area (Å²) in [5, 5.41) is 3.77. The average Bonchev–Trinajstić information content (AvgIpc) is 3.05. The molecular weight excluding hydrogens is 320 g/mol. The van der Waals surface area contributed by atoms with Crippen molar-refractivity contribution in [3.63, 3.8) is 0 Å². The first-order valence-corrected chi connectivity index (χ1v) is 9.73. The van der Waals surface area contributed by atoms with Crippen LogP contribution in [0.3, 0.4) is 0 Å². The molecule has 5 heteroatoms. The summed E-state index contributed by atoms with van der Waals surface area (Å²) in [4.78, 5) is 27.2. The van der Waals surface area contributed by atoms with Crippen molar-refractivity contribution in [2.75, 3.05) is 13.6 Å². The van der Waals surface area contributed by atoms with E-state index < -0.39 is 0 Å². The highest BCUT2D eigenvalue weighted by Gasteiger charge is 2.26. The molecule has 130 valence electrons. The van der Waals surface area contributed by atoms with Crippen LogP contribution in [0, 0.1) is 6.92 Å².